The molecule has 1 aliphatic rings. The predicted molar refractivity (Wildman–Crippen MR) is 116 cm³/mol. The molecule has 2 heterocycles. The predicted octanol–water partition coefficient (Wildman–Crippen LogP) is 4.42. The summed E-state index contributed by atoms with van der Waals surface area (Å²) in [5.41, 5.74) is 2.34. The van der Waals surface area contributed by atoms with Gasteiger partial charge in [-0.25, -0.2) is 4.39 Å². The number of aromatic nitrogens is 2. The van der Waals surface area contributed by atoms with Gasteiger partial charge in [0.15, 0.2) is 0 Å². The molecule has 1 unspecified atom stereocenters. The van der Waals surface area contributed by atoms with Crippen LogP contribution in [-0.2, 0) is 9.59 Å². The number of carbonyl (C=O) groups excluding carboxylic acids is 2. The Kier molecular flexibility index (Phi) is 6.24. The molecule has 31 heavy (non-hydrogen) atoms. The van der Waals surface area contributed by atoms with Gasteiger partial charge in [-0.2, -0.15) is 0 Å². The van der Waals surface area contributed by atoms with Crippen LogP contribution in [0.15, 0.2) is 52.1 Å². The summed E-state index contributed by atoms with van der Waals surface area (Å²) in [5.74, 6) is -0.732. The fourth-order valence-electron chi connectivity index (χ4n) is 3.18. The second-order valence-electron chi connectivity index (χ2n) is 7.11. The van der Waals surface area contributed by atoms with Crippen LogP contribution in [0.4, 0.5) is 15.8 Å². The molecular formula is C21H18ClFN4O3S. The Morgan fingerprint density at radius 3 is 2.81 bits per heavy atom. The Hall–Kier alpha value is -2.91. The van der Waals surface area contributed by atoms with E-state index in [-0.39, 0.29) is 40.2 Å². The molecule has 1 fully saturated rings. The number of hydrogen-bond donors (Lipinski definition) is 1. The summed E-state index contributed by atoms with van der Waals surface area (Å²) < 4.78 is 19.1. The Balaban J connectivity index is 1.34. The van der Waals surface area contributed by atoms with Crippen LogP contribution in [0.5, 0.6) is 0 Å². The molecular weight excluding hydrogens is 443 g/mol. The van der Waals surface area contributed by atoms with Gasteiger partial charge in [-0.05, 0) is 37.3 Å². The van der Waals surface area contributed by atoms with Crippen LogP contribution in [0.25, 0.3) is 0 Å². The molecule has 0 saturated carbocycles. The number of rotatable bonds is 6. The molecule has 0 aliphatic carbocycles. The van der Waals surface area contributed by atoms with Crippen LogP contribution in [0.2, 0.25) is 5.02 Å². The molecule has 1 saturated heterocycles. The van der Waals surface area contributed by atoms with Gasteiger partial charge in [0.2, 0.25) is 17.7 Å². The number of thioether (sulfide) groups is 1. The van der Waals surface area contributed by atoms with E-state index in [9.17, 15) is 14.0 Å². The molecule has 2 amide bonds. The minimum atomic E-state index is -0.543. The lowest BCUT2D eigenvalue weighted by molar-refractivity contribution is -0.117. The van der Waals surface area contributed by atoms with Gasteiger partial charge >= 0.3 is 0 Å². The van der Waals surface area contributed by atoms with Crippen molar-refractivity contribution in [3.8, 4) is 0 Å². The van der Waals surface area contributed by atoms with Gasteiger partial charge in [0.1, 0.15) is 5.82 Å². The number of nitrogens with zero attached hydrogens (tertiary/aromatic N) is 3. The molecule has 0 spiro atoms. The minimum absolute atomic E-state index is 0.0471. The topological polar surface area (TPSA) is 88.3 Å². The maximum atomic E-state index is 13.4. The van der Waals surface area contributed by atoms with E-state index in [1.807, 2.05) is 31.2 Å². The number of benzene rings is 2. The molecule has 0 radical (unpaired) electrons. The maximum absolute atomic E-state index is 13.4. The van der Waals surface area contributed by atoms with Gasteiger partial charge in [-0.3, -0.25) is 9.59 Å². The van der Waals surface area contributed by atoms with E-state index in [0.29, 0.717) is 23.8 Å². The van der Waals surface area contributed by atoms with Crippen molar-refractivity contribution in [3.05, 3.63) is 64.8 Å². The Morgan fingerprint density at radius 2 is 2.06 bits per heavy atom. The highest BCUT2D eigenvalue weighted by atomic mass is 35.5. The lowest BCUT2D eigenvalue weighted by atomic mass is 10.1. The molecule has 160 valence electrons. The number of carbonyl (C=O) groups is 2. The van der Waals surface area contributed by atoms with Gasteiger partial charge in [0.25, 0.3) is 5.22 Å². The zero-order valence-electron chi connectivity index (χ0n) is 16.5. The number of halogens is 2. The number of anilines is 2. The van der Waals surface area contributed by atoms with E-state index in [2.05, 4.69) is 15.5 Å². The Labute approximate surface area is 187 Å². The zero-order valence-corrected chi connectivity index (χ0v) is 18.0. The van der Waals surface area contributed by atoms with Crippen molar-refractivity contribution in [3.63, 3.8) is 0 Å². The fraction of sp³-hybridized carbons (Fsp3) is 0.238. The average molecular weight is 461 g/mol. The Morgan fingerprint density at radius 1 is 1.29 bits per heavy atom. The standard InChI is InChI=1S/C21H18ClFN4O3S/c1-12-2-4-14(5-3-12)24-18(28)11-31-21-26-25-20(30-21)13-8-19(29)27(10-13)15-6-7-17(23)16(22)9-15/h2-7,9,13H,8,10-11H2,1H3,(H,24,28). The number of hydrogen-bond acceptors (Lipinski definition) is 6. The van der Waals surface area contributed by atoms with Crippen LogP contribution in [0.3, 0.4) is 0 Å². The highest BCUT2D eigenvalue weighted by molar-refractivity contribution is 7.99. The highest BCUT2D eigenvalue weighted by Crippen LogP contribution is 2.33. The van der Waals surface area contributed by atoms with E-state index in [0.717, 1.165) is 17.3 Å². The van der Waals surface area contributed by atoms with Gasteiger partial charge in [-0.1, -0.05) is 41.1 Å². The summed E-state index contributed by atoms with van der Waals surface area (Å²) in [5, 5.41) is 11.0. The molecule has 2 aromatic carbocycles. The largest absolute Gasteiger partial charge is 0.416 e. The molecule has 4 rings (SSSR count). The van der Waals surface area contributed by atoms with Crippen molar-refractivity contribution in [1.29, 1.82) is 0 Å². The van der Waals surface area contributed by atoms with Gasteiger partial charge in [0.05, 0.1) is 16.7 Å². The van der Waals surface area contributed by atoms with E-state index in [4.69, 9.17) is 16.0 Å². The molecule has 7 nitrogen and oxygen atoms in total. The molecule has 1 aliphatic heterocycles. The average Bonchev–Trinajstić information content (AvgIpc) is 3.37. The van der Waals surface area contributed by atoms with Crippen molar-refractivity contribution in [2.24, 2.45) is 0 Å². The third-order valence-electron chi connectivity index (χ3n) is 4.77. The van der Waals surface area contributed by atoms with Crippen LogP contribution in [-0.4, -0.2) is 34.3 Å². The van der Waals surface area contributed by atoms with Gasteiger partial charge in [0, 0.05) is 24.3 Å². The summed E-state index contributed by atoms with van der Waals surface area (Å²) in [6.07, 6.45) is 0.190. The van der Waals surface area contributed by atoms with Crippen molar-refractivity contribution in [2.45, 2.75) is 24.5 Å². The molecule has 3 aromatic rings. The molecule has 1 N–H and O–H groups in total. The summed E-state index contributed by atoms with van der Waals surface area (Å²) >= 11 is 6.95. The molecule has 10 heteroatoms. The lowest BCUT2D eigenvalue weighted by Crippen LogP contribution is -2.24. The highest BCUT2D eigenvalue weighted by Gasteiger charge is 2.35. The number of amides is 2. The van der Waals surface area contributed by atoms with Crippen LogP contribution in [0.1, 0.15) is 23.8 Å². The summed E-state index contributed by atoms with van der Waals surface area (Å²) in [7, 11) is 0. The van der Waals surface area contributed by atoms with E-state index >= 15 is 0 Å². The summed E-state index contributed by atoms with van der Waals surface area (Å²) in [4.78, 5) is 26.0. The molecule has 1 aromatic heterocycles. The summed E-state index contributed by atoms with van der Waals surface area (Å²) in [6, 6.07) is 11.6. The van der Waals surface area contributed by atoms with Crippen LogP contribution < -0.4 is 10.2 Å². The van der Waals surface area contributed by atoms with Crippen molar-refractivity contribution < 1.29 is 18.4 Å². The first-order valence-corrected chi connectivity index (χ1v) is 10.8. The monoisotopic (exact) mass is 460 g/mol. The Bertz CT molecular complexity index is 1120. The first-order chi connectivity index (χ1) is 14.9. The zero-order chi connectivity index (χ0) is 22.0. The lowest BCUT2D eigenvalue weighted by Gasteiger charge is -2.16. The van der Waals surface area contributed by atoms with Crippen molar-refractivity contribution in [1.82, 2.24) is 10.2 Å². The SMILES string of the molecule is Cc1ccc(NC(=O)CSc2nnc(C3CC(=O)N(c4ccc(F)c(Cl)c4)C3)o2)cc1. The quantitative estimate of drug-likeness (QED) is 0.548. The van der Waals surface area contributed by atoms with E-state index in [1.165, 1.54) is 23.1 Å². The normalized spacial score (nSPS) is 16.0. The van der Waals surface area contributed by atoms with Crippen molar-refractivity contribution >= 4 is 46.6 Å². The minimum Gasteiger partial charge on any atom is -0.416 e. The summed E-state index contributed by atoms with van der Waals surface area (Å²) in [6.45, 7) is 2.29. The maximum Gasteiger partial charge on any atom is 0.277 e. The van der Waals surface area contributed by atoms with E-state index < -0.39 is 5.82 Å². The van der Waals surface area contributed by atoms with Crippen LogP contribution >= 0.6 is 23.4 Å². The third kappa shape index (κ3) is 5.05. The van der Waals surface area contributed by atoms with Gasteiger partial charge < -0.3 is 14.6 Å². The first-order valence-electron chi connectivity index (χ1n) is 9.47. The fourth-order valence-corrected chi connectivity index (χ4v) is 3.92. The molecule has 0 bridgehead atoms. The first kappa shape index (κ1) is 21.3. The van der Waals surface area contributed by atoms with Crippen molar-refractivity contribution in [2.75, 3.05) is 22.5 Å². The van der Waals surface area contributed by atoms with Gasteiger partial charge in [-0.15, -0.1) is 10.2 Å². The smallest absolute Gasteiger partial charge is 0.277 e. The number of aryl methyl sites for hydroxylation is 1. The number of nitrogens with one attached hydrogen (secondary N) is 1. The second kappa shape index (κ2) is 9.07. The van der Waals surface area contributed by atoms with E-state index in [1.54, 1.807) is 0 Å². The molecule has 1 atom stereocenters. The third-order valence-corrected chi connectivity index (χ3v) is 5.88. The second-order valence-corrected chi connectivity index (χ2v) is 8.45. The van der Waals surface area contributed by atoms with Crippen LogP contribution in [0, 0.1) is 12.7 Å².